The molecule has 2 aromatic rings. The van der Waals surface area contributed by atoms with Crippen LogP contribution >= 0.6 is 11.6 Å². The van der Waals surface area contributed by atoms with Gasteiger partial charge in [0.15, 0.2) is 0 Å². The van der Waals surface area contributed by atoms with Crippen LogP contribution in [-0.2, 0) is 10.0 Å². The van der Waals surface area contributed by atoms with Crippen LogP contribution in [0.2, 0.25) is 5.02 Å². The van der Waals surface area contributed by atoms with Crippen LogP contribution in [0.5, 0.6) is 0 Å². The van der Waals surface area contributed by atoms with E-state index in [9.17, 15) is 13.2 Å². The third-order valence-electron chi connectivity index (χ3n) is 2.91. The van der Waals surface area contributed by atoms with E-state index in [-0.39, 0.29) is 10.5 Å². The van der Waals surface area contributed by atoms with Gasteiger partial charge in [0.1, 0.15) is 0 Å². The normalized spacial score (nSPS) is 11.1. The second kappa shape index (κ2) is 5.75. The maximum absolute atomic E-state index is 12.5. The van der Waals surface area contributed by atoms with Gasteiger partial charge in [-0.2, -0.15) is 0 Å². The van der Waals surface area contributed by atoms with Crippen molar-refractivity contribution >= 4 is 33.3 Å². The first-order chi connectivity index (χ1) is 9.82. The number of anilines is 1. The highest BCUT2D eigenvalue weighted by molar-refractivity contribution is 7.92. The Kier molecular flexibility index (Phi) is 4.20. The first-order valence-corrected chi connectivity index (χ1v) is 7.72. The molecule has 0 aliphatic heterocycles. The standard InChI is InChI=1S/C14H12ClNO4S/c1-16(12-6-3-5-11(15)9-12)21(19,20)13-7-2-4-10(8-13)14(17)18/h2-9H,1H3,(H,17,18). The Morgan fingerprint density at radius 2 is 1.81 bits per heavy atom. The van der Waals surface area contributed by atoms with Gasteiger partial charge in [-0.15, -0.1) is 0 Å². The Morgan fingerprint density at radius 3 is 2.43 bits per heavy atom. The smallest absolute Gasteiger partial charge is 0.335 e. The summed E-state index contributed by atoms with van der Waals surface area (Å²) >= 11 is 5.85. The van der Waals surface area contributed by atoms with Crippen LogP contribution in [0.4, 0.5) is 5.69 Å². The fourth-order valence-corrected chi connectivity index (χ4v) is 3.18. The summed E-state index contributed by atoms with van der Waals surface area (Å²) in [5.41, 5.74) is 0.304. The minimum absolute atomic E-state index is 0.0874. The van der Waals surface area contributed by atoms with Gasteiger partial charge >= 0.3 is 5.97 Å². The van der Waals surface area contributed by atoms with Crippen LogP contribution in [0.15, 0.2) is 53.4 Å². The number of benzene rings is 2. The van der Waals surface area contributed by atoms with E-state index >= 15 is 0 Å². The molecule has 0 saturated heterocycles. The second-order valence-corrected chi connectivity index (χ2v) is 6.69. The van der Waals surface area contributed by atoms with Gasteiger partial charge in [0, 0.05) is 12.1 Å². The van der Waals surface area contributed by atoms with Crippen LogP contribution in [0.1, 0.15) is 10.4 Å². The SMILES string of the molecule is CN(c1cccc(Cl)c1)S(=O)(=O)c1cccc(C(=O)O)c1. The minimum Gasteiger partial charge on any atom is -0.478 e. The Balaban J connectivity index is 2.46. The topological polar surface area (TPSA) is 74.7 Å². The van der Waals surface area contributed by atoms with Gasteiger partial charge in [-0.3, -0.25) is 4.31 Å². The third kappa shape index (κ3) is 3.17. The van der Waals surface area contributed by atoms with Crippen LogP contribution in [0, 0.1) is 0 Å². The molecule has 0 spiro atoms. The number of aromatic carboxylic acids is 1. The third-order valence-corrected chi connectivity index (χ3v) is 4.93. The Labute approximate surface area is 127 Å². The van der Waals surface area contributed by atoms with Gasteiger partial charge in [0.05, 0.1) is 16.1 Å². The van der Waals surface area contributed by atoms with Crippen molar-refractivity contribution in [2.24, 2.45) is 0 Å². The van der Waals surface area contributed by atoms with E-state index in [2.05, 4.69) is 0 Å². The van der Waals surface area contributed by atoms with Crippen molar-refractivity contribution in [2.45, 2.75) is 4.90 Å². The summed E-state index contributed by atoms with van der Waals surface area (Å²) in [4.78, 5) is 10.8. The number of carbonyl (C=O) groups is 1. The largest absolute Gasteiger partial charge is 0.478 e. The molecule has 0 radical (unpaired) electrons. The molecule has 5 nitrogen and oxygen atoms in total. The lowest BCUT2D eigenvalue weighted by Crippen LogP contribution is -2.26. The van der Waals surface area contributed by atoms with Crippen LogP contribution in [-0.4, -0.2) is 26.5 Å². The zero-order valence-corrected chi connectivity index (χ0v) is 12.6. The van der Waals surface area contributed by atoms with E-state index in [1.54, 1.807) is 18.2 Å². The van der Waals surface area contributed by atoms with Gasteiger partial charge in [-0.25, -0.2) is 13.2 Å². The predicted octanol–water partition coefficient (Wildman–Crippen LogP) is 2.86. The predicted molar refractivity (Wildman–Crippen MR) is 80.4 cm³/mol. The molecule has 0 unspecified atom stereocenters. The molecule has 0 heterocycles. The number of hydrogen-bond donors (Lipinski definition) is 1. The quantitative estimate of drug-likeness (QED) is 0.938. The monoisotopic (exact) mass is 325 g/mol. The summed E-state index contributed by atoms with van der Waals surface area (Å²) in [5.74, 6) is -1.18. The summed E-state index contributed by atoms with van der Waals surface area (Å²) in [6.07, 6.45) is 0. The van der Waals surface area contributed by atoms with Crippen molar-refractivity contribution in [2.75, 3.05) is 11.4 Å². The van der Waals surface area contributed by atoms with Gasteiger partial charge in [0.2, 0.25) is 0 Å². The van der Waals surface area contributed by atoms with Crippen molar-refractivity contribution in [3.05, 3.63) is 59.1 Å². The molecule has 110 valence electrons. The molecule has 0 amide bonds. The summed E-state index contributed by atoms with van der Waals surface area (Å²) < 4.78 is 26.1. The van der Waals surface area contributed by atoms with E-state index in [4.69, 9.17) is 16.7 Å². The van der Waals surface area contributed by atoms with E-state index < -0.39 is 16.0 Å². The molecule has 0 saturated carbocycles. The first kappa shape index (κ1) is 15.3. The summed E-state index contributed by atoms with van der Waals surface area (Å²) in [5, 5.41) is 9.35. The van der Waals surface area contributed by atoms with Crippen molar-refractivity contribution in [1.29, 1.82) is 0 Å². The van der Waals surface area contributed by atoms with Crippen molar-refractivity contribution < 1.29 is 18.3 Å². The van der Waals surface area contributed by atoms with E-state index in [1.807, 2.05) is 0 Å². The molecular formula is C14H12ClNO4S. The lowest BCUT2D eigenvalue weighted by atomic mass is 10.2. The Bertz CT molecular complexity index is 789. The average molecular weight is 326 g/mol. The highest BCUT2D eigenvalue weighted by Gasteiger charge is 2.22. The molecule has 0 atom stereocenters. The summed E-state index contributed by atoms with van der Waals surface area (Å²) in [6.45, 7) is 0. The molecule has 0 fully saturated rings. The lowest BCUT2D eigenvalue weighted by Gasteiger charge is -2.19. The molecular weight excluding hydrogens is 314 g/mol. The molecule has 0 bridgehead atoms. The van der Waals surface area contributed by atoms with Crippen molar-refractivity contribution in [1.82, 2.24) is 0 Å². The van der Waals surface area contributed by atoms with E-state index in [1.165, 1.54) is 31.3 Å². The van der Waals surface area contributed by atoms with Gasteiger partial charge in [-0.05, 0) is 36.4 Å². The average Bonchev–Trinajstić information content (AvgIpc) is 2.46. The molecule has 1 N–H and O–H groups in total. The number of nitrogens with zero attached hydrogens (tertiary/aromatic N) is 1. The Morgan fingerprint density at radius 1 is 1.14 bits per heavy atom. The number of halogens is 1. The first-order valence-electron chi connectivity index (χ1n) is 5.90. The number of carboxylic acid groups (broad SMARTS) is 1. The number of rotatable bonds is 4. The minimum atomic E-state index is -3.85. The zero-order valence-electron chi connectivity index (χ0n) is 11.0. The fourth-order valence-electron chi connectivity index (χ4n) is 1.76. The molecule has 2 rings (SSSR count). The maximum atomic E-state index is 12.5. The van der Waals surface area contributed by atoms with Gasteiger partial charge < -0.3 is 5.11 Å². The Hall–Kier alpha value is -2.05. The van der Waals surface area contributed by atoms with E-state index in [0.717, 1.165) is 10.4 Å². The van der Waals surface area contributed by atoms with Gasteiger partial charge in [0.25, 0.3) is 10.0 Å². The molecule has 7 heteroatoms. The van der Waals surface area contributed by atoms with Crippen molar-refractivity contribution in [3.8, 4) is 0 Å². The lowest BCUT2D eigenvalue weighted by molar-refractivity contribution is 0.0696. The number of hydrogen-bond acceptors (Lipinski definition) is 3. The number of sulfonamides is 1. The highest BCUT2D eigenvalue weighted by Crippen LogP contribution is 2.24. The van der Waals surface area contributed by atoms with Gasteiger partial charge in [-0.1, -0.05) is 23.7 Å². The molecule has 0 aliphatic rings. The van der Waals surface area contributed by atoms with Crippen molar-refractivity contribution in [3.63, 3.8) is 0 Å². The molecule has 2 aromatic carbocycles. The van der Waals surface area contributed by atoms with E-state index in [0.29, 0.717) is 10.7 Å². The number of carboxylic acids is 1. The highest BCUT2D eigenvalue weighted by atomic mass is 35.5. The van der Waals surface area contributed by atoms with Crippen LogP contribution < -0.4 is 4.31 Å². The molecule has 0 aliphatic carbocycles. The van der Waals surface area contributed by atoms with Crippen LogP contribution in [0.3, 0.4) is 0 Å². The molecule has 21 heavy (non-hydrogen) atoms. The molecule has 0 aromatic heterocycles. The summed E-state index contributed by atoms with van der Waals surface area (Å²) in [6, 6.07) is 11.6. The summed E-state index contributed by atoms with van der Waals surface area (Å²) in [7, 11) is -2.47. The van der Waals surface area contributed by atoms with Crippen LogP contribution in [0.25, 0.3) is 0 Å². The fraction of sp³-hybridized carbons (Fsp3) is 0.0714. The maximum Gasteiger partial charge on any atom is 0.335 e. The zero-order chi connectivity index (χ0) is 15.6. The second-order valence-electron chi connectivity index (χ2n) is 4.29.